The third kappa shape index (κ3) is 4.83. The second kappa shape index (κ2) is 7.64. The Morgan fingerprint density at radius 1 is 1.18 bits per heavy atom. The number of benzene rings is 1. The summed E-state index contributed by atoms with van der Waals surface area (Å²) in [7, 11) is 0. The van der Waals surface area contributed by atoms with Gasteiger partial charge in [0.25, 0.3) is 0 Å². The van der Waals surface area contributed by atoms with Crippen LogP contribution in [0, 0.1) is 5.92 Å². The standard InChI is InChI=1S/C16H20O/c1-3-5-7-12-15(4-2)16(17)13-14-10-8-6-9-11-14/h3-11,15-17H,1-2,12-13H2/b7-5+. The Balaban J connectivity index is 2.54. The molecule has 1 heteroatoms. The van der Waals surface area contributed by atoms with Crippen LogP contribution in [0.15, 0.2) is 67.8 Å². The monoisotopic (exact) mass is 228 g/mol. The molecular formula is C16H20O. The van der Waals surface area contributed by atoms with Crippen molar-refractivity contribution in [2.24, 2.45) is 5.92 Å². The molecule has 0 aliphatic rings. The van der Waals surface area contributed by atoms with Crippen molar-refractivity contribution >= 4 is 0 Å². The molecule has 0 heterocycles. The quantitative estimate of drug-likeness (QED) is 0.559. The topological polar surface area (TPSA) is 20.2 Å². The van der Waals surface area contributed by atoms with Crippen LogP contribution in [0.4, 0.5) is 0 Å². The molecule has 1 rings (SSSR count). The first kappa shape index (κ1) is 13.5. The zero-order valence-corrected chi connectivity index (χ0v) is 10.1. The second-order valence-corrected chi connectivity index (χ2v) is 4.06. The smallest absolute Gasteiger partial charge is 0.0645 e. The van der Waals surface area contributed by atoms with Gasteiger partial charge < -0.3 is 5.11 Å². The summed E-state index contributed by atoms with van der Waals surface area (Å²) in [6.45, 7) is 7.40. The number of aliphatic hydroxyl groups excluding tert-OH is 1. The van der Waals surface area contributed by atoms with E-state index >= 15 is 0 Å². The largest absolute Gasteiger partial charge is 0.392 e. The van der Waals surface area contributed by atoms with Crippen LogP contribution in [0.2, 0.25) is 0 Å². The van der Waals surface area contributed by atoms with Crippen molar-refractivity contribution in [2.45, 2.75) is 18.9 Å². The van der Waals surface area contributed by atoms with Crippen molar-refractivity contribution in [2.75, 3.05) is 0 Å². The van der Waals surface area contributed by atoms with Gasteiger partial charge in [0.05, 0.1) is 6.10 Å². The van der Waals surface area contributed by atoms with E-state index in [2.05, 4.69) is 13.2 Å². The van der Waals surface area contributed by atoms with Crippen LogP contribution in [0.3, 0.4) is 0 Å². The van der Waals surface area contributed by atoms with E-state index in [1.807, 2.05) is 48.6 Å². The van der Waals surface area contributed by atoms with E-state index < -0.39 is 0 Å². The summed E-state index contributed by atoms with van der Waals surface area (Å²) < 4.78 is 0. The fourth-order valence-electron chi connectivity index (χ4n) is 1.75. The summed E-state index contributed by atoms with van der Waals surface area (Å²) in [5, 5.41) is 10.1. The van der Waals surface area contributed by atoms with Crippen molar-refractivity contribution in [3.63, 3.8) is 0 Å². The molecule has 1 aromatic carbocycles. The average molecular weight is 228 g/mol. The van der Waals surface area contributed by atoms with Crippen LogP contribution in [0.5, 0.6) is 0 Å². The highest BCUT2D eigenvalue weighted by atomic mass is 16.3. The van der Waals surface area contributed by atoms with Crippen molar-refractivity contribution < 1.29 is 5.11 Å². The van der Waals surface area contributed by atoms with Gasteiger partial charge in [0.15, 0.2) is 0 Å². The van der Waals surface area contributed by atoms with Gasteiger partial charge in [0, 0.05) is 5.92 Å². The first-order valence-corrected chi connectivity index (χ1v) is 5.90. The number of allylic oxidation sites excluding steroid dienone is 3. The lowest BCUT2D eigenvalue weighted by atomic mass is 9.93. The third-order valence-electron chi connectivity index (χ3n) is 2.77. The van der Waals surface area contributed by atoms with E-state index in [0.717, 1.165) is 12.0 Å². The van der Waals surface area contributed by atoms with Crippen LogP contribution < -0.4 is 0 Å². The molecule has 0 aliphatic heterocycles. The lowest BCUT2D eigenvalue weighted by Gasteiger charge is -2.18. The average Bonchev–Trinajstić information content (AvgIpc) is 2.36. The lowest BCUT2D eigenvalue weighted by molar-refractivity contribution is 0.131. The highest BCUT2D eigenvalue weighted by molar-refractivity contribution is 5.16. The van der Waals surface area contributed by atoms with Crippen molar-refractivity contribution in [1.82, 2.24) is 0 Å². The normalized spacial score (nSPS) is 14.4. The number of rotatable bonds is 7. The first-order valence-electron chi connectivity index (χ1n) is 5.90. The molecule has 0 saturated heterocycles. The molecule has 0 aliphatic carbocycles. The molecule has 90 valence electrons. The minimum Gasteiger partial charge on any atom is -0.392 e. The first-order chi connectivity index (χ1) is 8.27. The molecular weight excluding hydrogens is 208 g/mol. The maximum absolute atomic E-state index is 10.1. The van der Waals surface area contributed by atoms with Gasteiger partial charge in [-0.3, -0.25) is 0 Å². The van der Waals surface area contributed by atoms with E-state index in [1.54, 1.807) is 6.08 Å². The van der Waals surface area contributed by atoms with Crippen molar-refractivity contribution in [1.29, 1.82) is 0 Å². The van der Waals surface area contributed by atoms with Crippen LogP contribution >= 0.6 is 0 Å². The predicted octanol–water partition coefficient (Wildman–Crippen LogP) is 3.52. The maximum atomic E-state index is 10.1. The number of hydrogen-bond donors (Lipinski definition) is 1. The van der Waals surface area contributed by atoms with E-state index in [4.69, 9.17) is 0 Å². The van der Waals surface area contributed by atoms with E-state index in [1.165, 1.54) is 0 Å². The Labute approximate surface area is 104 Å². The van der Waals surface area contributed by atoms with Crippen molar-refractivity contribution in [3.05, 3.63) is 73.4 Å². The van der Waals surface area contributed by atoms with Gasteiger partial charge in [0.1, 0.15) is 0 Å². The molecule has 1 aromatic rings. The van der Waals surface area contributed by atoms with Gasteiger partial charge in [-0.05, 0) is 18.4 Å². The molecule has 2 atom stereocenters. The van der Waals surface area contributed by atoms with Gasteiger partial charge in [-0.15, -0.1) is 6.58 Å². The van der Waals surface area contributed by atoms with E-state index in [-0.39, 0.29) is 12.0 Å². The number of hydrogen-bond acceptors (Lipinski definition) is 1. The molecule has 2 unspecified atom stereocenters. The van der Waals surface area contributed by atoms with Gasteiger partial charge in [0.2, 0.25) is 0 Å². The molecule has 0 bridgehead atoms. The maximum Gasteiger partial charge on any atom is 0.0645 e. The summed E-state index contributed by atoms with van der Waals surface area (Å²) in [5.41, 5.74) is 1.15. The third-order valence-corrected chi connectivity index (χ3v) is 2.77. The van der Waals surface area contributed by atoms with E-state index in [0.29, 0.717) is 6.42 Å². The Kier molecular flexibility index (Phi) is 6.05. The summed E-state index contributed by atoms with van der Waals surface area (Å²) in [4.78, 5) is 0. The summed E-state index contributed by atoms with van der Waals surface area (Å²) in [6, 6.07) is 10.0. The summed E-state index contributed by atoms with van der Waals surface area (Å²) >= 11 is 0. The molecule has 0 aromatic heterocycles. The fraction of sp³-hybridized carbons (Fsp3) is 0.250. The molecule has 1 nitrogen and oxygen atoms in total. The Bertz CT molecular complexity index is 364. The van der Waals surface area contributed by atoms with Gasteiger partial charge in [-0.2, -0.15) is 0 Å². The molecule has 0 amide bonds. The predicted molar refractivity (Wildman–Crippen MR) is 73.8 cm³/mol. The molecule has 0 saturated carbocycles. The SMILES string of the molecule is C=C/C=C/CC(C=C)C(O)Cc1ccccc1. The molecule has 0 fully saturated rings. The minimum absolute atomic E-state index is 0.0893. The Hall–Kier alpha value is -1.60. The highest BCUT2D eigenvalue weighted by Crippen LogP contribution is 2.16. The Morgan fingerprint density at radius 2 is 1.88 bits per heavy atom. The number of aliphatic hydroxyl groups is 1. The zero-order chi connectivity index (χ0) is 12.5. The van der Waals surface area contributed by atoms with Gasteiger partial charge in [-0.25, -0.2) is 0 Å². The fourth-order valence-corrected chi connectivity index (χ4v) is 1.75. The minimum atomic E-state index is -0.385. The summed E-state index contributed by atoms with van der Waals surface area (Å²) in [5.74, 6) is 0.0893. The second-order valence-electron chi connectivity index (χ2n) is 4.06. The molecule has 0 spiro atoms. The van der Waals surface area contributed by atoms with Crippen LogP contribution in [-0.4, -0.2) is 11.2 Å². The van der Waals surface area contributed by atoms with Gasteiger partial charge >= 0.3 is 0 Å². The lowest BCUT2D eigenvalue weighted by Crippen LogP contribution is -2.20. The zero-order valence-electron chi connectivity index (χ0n) is 10.1. The summed E-state index contributed by atoms with van der Waals surface area (Å²) in [6.07, 6.45) is 8.54. The molecule has 1 N–H and O–H groups in total. The molecule has 17 heavy (non-hydrogen) atoms. The molecule has 0 radical (unpaired) electrons. The highest BCUT2D eigenvalue weighted by Gasteiger charge is 2.14. The van der Waals surface area contributed by atoms with Crippen LogP contribution in [-0.2, 0) is 6.42 Å². The van der Waals surface area contributed by atoms with Crippen molar-refractivity contribution in [3.8, 4) is 0 Å². The van der Waals surface area contributed by atoms with Crippen LogP contribution in [0.1, 0.15) is 12.0 Å². The van der Waals surface area contributed by atoms with E-state index in [9.17, 15) is 5.11 Å². The van der Waals surface area contributed by atoms with Crippen LogP contribution in [0.25, 0.3) is 0 Å². The Morgan fingerprint density at radius 3 is 2.47 bits per heavy atom. The van der Waals surface area contributed by atoms with Gasteiger partial charge in [-0.1, -0.05) is 61.2 Å².